The molecule has 1 aliphatic heterocycles. The lowest BCUT2D eigenvalue weighted by Crippen LogP contribution is -2.48. The highest BCUT2D eigenvalue weighted by molar-refractivity contribution is 6.07. The van der Waals surface area contributed by atoms with E-state index in [-0.39, 0.29) is 24.9 Å². The van der Waals surface area contributed by atoms with E-state index < -0.39 is 6.04 Å². The van der Waals surface area contributed by atoms with Gasteiger partial charge < -0.3 is 9.47 Å². The first-order valence-corrected chi connectivity index (χ1v) is 8.38. The van der Waals surface area contributed by atoms with E-state index in [1.807, 2.05) is 43.3 Å². The molecule has 0 aliphatic carbocycles. The van der Waals surface area contributed by atoms with Crippen molar-refractivity contribution in [2.45, 2.75) is 26.3 Å². The van der Waals surface area contributed by atoms with Crippen molar-refractivity contribution in [2.24, 2.45) is 0 Å². The first-order chi connectivity index (χ1) is 12.1. The summed E-state index contributed by atoms with van der Waals surface area (Å²) in [6.07, 6.45) is 0.0970. The Balaban J connectivity index is 1.95. The van der Waals surface area contributed by atoms with Gasteiger partial charge in [0.25, 0.3) is 5.91 Å². The molecule has 0 unspecified atom stereocenters. The minimum atomic E-state index is -0.400. The summed E-state index contributed by atoms with van der Waals surface area (Å²) < 4.78 is 10.8. The zero-order chi connectivity index (χ0) is 17.8. The molecule has 1 atom stereocenters. The van der Waals surface area contributed by atoms with Gasteiger partial charge >= 0.3 is 5.97 Å². The third-order valence-electron chi connectivity index (χ3n) is 4.15. The van der Waals surface area contributed by atoms with Gasteiger partial charge in [-0.25, -0.2) is 0 Å². The highest BCUT2D eigenvalue weighted by atomic mass is 16.5. The number of benzene rings is 2. The van der Waals surface area contributed by atoms with Crippen molar-refractivity contribution in [1.82, 2.24) is 0 Å². The minimum Gasteiger partial charge on any atom is -0.489 e. The van der Waals surface area contributed by atoms with E-state index in [0.29, 0.717) is 23.6 Å². The average molecular weight is 339 g/mol. The molecule has 0 fully saturated rings. The fourth-order valence-electron chi connectivity index (χ4n) is 2.91. The van der Waals surface area contributed by atoms with Crippen LogP contribution in [-0.2, 0) is 9.53 Å². The van der Waals surface area contributed by atoms with Crippen LogP contribution in [0, 0.1) is 6.92 Å². The van der Waals surface area contributed by atoms with Crippen LogP contribution in [0.2, 0.25) is 0 Å². The Morgan fingerprint density at radius 2 is 1.88 bits per heavy atom. The van der Waals surface area contributed by atoms with Crippen LogP contribution in [0.4, 0.5) is 5.69 Å². The summed E-state index contributed by atoms with van der Waals surface area (Å²) in [7, 11) is 0. The first-order valence-electron chi connectivity index (χ1n) is 8.38. The number of nitrogens with zero attached hydrogens (tertiary/aromatic N) is 1. The number of carbonyl (C=O) groups excluding carboxylic acids is 2. The molecule has 0 radical (unpaired) electrons. The van der Waals surface area contributed by atoms with Crippen molar-refractivity contribution < 1.29 is 19.1 Å². The standard InChI is InChI=1S/C20H21NO4/c1-3-24-19(22)12-16-13-25-18-7-5-4-6-17(18)21(16)20(23)15-10-8-14(2)9-11-15/h4-11,16H,3,12-13H2,1-2H3/t16-/m0/s1. The number of hydrogen-bond donors (Lipinski definition) is 0. The number of ether oxygens (including phenoxy) is 2. The maximum Gasteiger partial charge on any atom is 0.308 e. The van der Waals surface area contributed by atoms with Crippen LogP contribution in [0.15, 0.2) is 48.5 Å². The SMILES string of the molecule is CCOC(=O)C[C@H]1COc2ccccc2N1C(=O)c1ccc(C)cc1. The average Bonchev–Trinajstić information content (AvgIpc) is 2.62. The predicted octanol–water partition coefficient (Wildman–Crippen LogP) is 3.36. The van der Waals surface area contributed by atoms with Crippen LogP contribution in [0.1, 0.15) is 29.3 Å². The van der Waals surface area contributed by atoms with Gasteiger partial charge in [0.1, 0.15) is 12.4 Å². The highest BCUT2D eigenvalue weighted by Crippen LogP contribution is 2.35. The Morgan fingerprint density at radius 1 is 1.16 bits per heavy atom. The summed E-state index contributed by atoms with van der Waals surface area (Å²) in [5.74, 6) is 0.158. The molecule has 1 amide bonds. The van der Waals surface area contributed by atoms with Crippen molar-refractivity contribution in [3.63, 3.8) is 0 Å². The van der Waals surface area contributed by atoms with Gasteiger partial charge in [-0.05, 0) is 38.1 Å². The molecule has 5 heteroatoms. The Morgan fingerprint density at radius 3 is 2.60 bits per heavy atom. The Bertz CT molecular complexity index is 770. The summed E-state index contributed by atoms with van der Waals surface area (Å²) in [4.78, 5) is 26.8. The quantitative estimate of drug-likeness (QED) is 0.802. The predicted molar refractivity (Wildman–Crippen MR) is 95.0 cm³/mol. The van der Waals surface area contributed by atoms with E-state index >= 15 is 0 Å². The number of hydrogen-bond acceptors (Lipinski definition) is 4. The van der Waals surface area contributed by atoms with Crippen molar-refractivity contribution in [3.8, 4) is 5.75 Å². The Labute approximate surface area is 147 Å². The van der Waals surface area contributed by atoms with E-state index in [0.717, 1.165) is 5.56 Å². The molecule has 25 heavy (non-hydrogen) atoms. The van der Waals surface area contributed by atoms with Gasteiger partial charge in [-0.1, -0.05) is 29.8 Å². The molecule has 0 spiro atoms. The van der Waals surface area contributed by atoms with Crippen LogP contribution < -0.4 is 9.64 Å². The van der Waals surface area contributed by atoms with Crippen molar-refractivity contribution in [1.29, 1.82) is 0 Å². The smallest absolute Gasteiger partial charge is 0.308 e. The molecule has 1 aliphatic rings. The van der Waals surface area contributed by atoms with Gasteiger partial charge in [0.05, 0.1) is 24.8 Å². The zero-order valence-electron chi connectivity index (χ0n) is 14.4. The second-order valence-electron chi connectivity index (χ2n) is 5.98. The van der Waals surface area contributed by atoms with Gasteiger partial charge in [0.15, 0.2) is 0 Å². The van der Waals surface area contributed by atoms with E-state index in [1.165, 1.54) is 0 Å². The number of rotatable bonds is 4. The number of para-hydroxylation sites is 2. The summed E-state index contributed by atoms with van der Waals surface area (Å²) in [5, 5.41) is 0. The summed E-state index contributed by atoms with van der Waals surface area (Å²) in [6, 6.07) is 14.4. The molecule has 2 aromatic carbocycles. The zero-order valence-corrected chi connectivity index (χ0v) is 14.4. The third-order valence-corrected chi connectivity index (χ3v) is 4.15. The third kappa shape index (κ3) is 3.65. The number of amides is 1. The number of aryl methyl sites for hydroxylation is 1. The summed E-state index contributed by atoms with van der Waals surface area (Å²) in [5.41, 5.74) is 2.34. The van der Waals surface area contributed by atoms with Crippen LogP contribution in [0.25, 0.3) is 0 Å². The molecule has 0 saturated carbocycles. The monoisotopic (exact) mass is 339 g/mol. The molecule has 2 aromatic rings. The largest absolute Gasteiger partial charge is 0.489 e. The number of esters is 1. The van der Waals surface area contributed by atoms with Gasteiger partial charge in [-0.2, -0.15) is 0 Å². The number of anilines is 1. The van der Waals surface area contributed by atoms with Gasteiger partial charge in [-0.15, -0.1) is 0 Å². The van der Waals surface area contributed by atoms with E-state index in [9.17, 15) is 9.59 Å². The molecular weight excluding hydrogens is 318 g/mol. The van der Waals surface area contributed by atoms with Crippen LogP contribution in [-0.4, -0.2) is 31.1 Å². The summed E-state index contributed by atoms with van der Waals surface area (Å²) in [6.45, 7) is 4.31. The normalized spacial score (nSPS) is 15.9. The van der Waals surface area contributed by atoms with Crippen molar-refractivity contribution in [3.05, 3.63) is 59.7 Å². The number of carbonyl (C=O) groups is 2. The highest BCUT2D eigenvalue weighted by Gasteiger charge is 2.34. The molecule has 130 valence electrons. The molecule has 0 N–H and O–H groups in total. The topological polar surface area (TPSA) is 55.8 Å². The molecule has 3 rings (SSSR count). The fourth-order valence-corrected chi connectivity index (χ4v) is 2.91. The summed E-state index contributed by atoms with van der Waals surface area (Å²) >= 11 is 0. The fraction of sp³-hybridized carbons (Fsp3) is 0.300. The maximum atomic E-state index is 13.1. The van der Waals surface area contributed by atoms with Crippen LogP contribution >= 0.6 is 0 Å². The lowest BCUT2D eigenvalue weighted by atomic mass is 10.1. The van der Waals surface area contributed by atoms with Crippen molar-refractivity contribution >= 4 is 17.6 Å². The molecule has 0 bridgehead atoms. The van der Waals surface area contributed by atoms with E-state index in [4.69, 9.17) is 9.47 Å². The van der Waals surface area contributed by atoms with E-state index in [2.05, 4.69) is 0 Å². The molecule has 0 saturated heterocycles. The first kappa shape index (κ1) is 17.0. The van der Waals surface area contributed by atoms with Crippen LogP contribution in [0.3, 0.4) is 0 Å². The van der Waals surface area contributed by atoms with Gasteiger partial charge in [0.2, 0.25) is 0 Å². The Kier molecular flexibility index (Phi) is 5.03. The second-order valence-corrected chi connectivity index (χ2v) is 5.98. The molecular formula is C20H21NO4. The molecule has 1 heterocycles. The molecule has 5 nitrogen and oxygen atoms in total. The van der Waals surface area contributed by atoms with Crippen molar-refractivity contribution in [2.75, 3.05) is 18.1 Å². The molecule has 0 aromatic heterocycles. The van der Waals surface area contributed by atoms with Gasteiger partial charge in [0, 0.05) is 5.56 Å². The number of fused-ring (bicyclic) bond motifs is 1. The Hall–Kier alpha value is -2.82. The lowest BCUT2D eigenvalue weighted by Gasteiger charge is -2.36. The lowest BCUT2D eigenvalue weighted by molar-refractivity contribution is -0.143. The van der Waals surface area contributed by atoms with Crippen LogP contribution in [0.5, 0.6) is 5.75 Å². The van der Waals surface area contributed by atoms with E-state index in [1.54, 1.807) is 24.0 Å². The second kappa shape index (κ2) is 7.38. The van der Waals surface area contributed by atoms with Gasteiger partial charge in [-0.3, -0.25) is 14.5 Å². The minimum absolute atomic E-state index is 0.0970. The maximum absolute atomic E-state index is 13.1.